The Hall–Kier alpha value is -0.870. The quantitative estimate of drug-likeness (QED) is 0.662. The molecule has 1 rings (SSSR count). The zero-order valence-corrected chi connectivity index (χ0v) is 10.8. The van der Waals surface area contributed by atoms with Gasteiger partial charge in [0, 0.05) is 38.6 Å². The molecule has 1 aromatic heterocycles. The second-order valence-corrected chi connectivity index (χ2v) is 4.41. The van der Waals surface area contributed by atoms with Crippen molar-refractivity contribution in [3.05, 3.63) is 18.7 Å². The van der Waals surface area contributed by atoms with Gasteiger partial charge in [-0.1, -0.05) is 6.92 Å². The summed E-state index contributed by atoms with van der Waals surface area (Å²) in [4.78, 5) is 8.78. The van der Waals surface area contributed by atoms with Crippen LogP contribution in [0.1, 0.15) is 13.3 Å². The van der Waals surface area contributed by atoms with Crippen molar-refractivity contribution >= 4 is 0 Å². The summed E-state index contributed by atoms with van der Waals surface area (Å²) in [6.45, 7) is 7.79. The molecule has 16 heavy (non-hydrogen) atoms. The van der Waals surface area contributed by atoms with Crippen LogP contribution >= 0.6 is 0 Å². The summed E-state index contributed by atoms with van der Waals surface area (Å²) < 4.78 is 2.12. The molecule has 4 heteroatoms. The second kappa shape index (κ2) is 7.41. The number of nitrogens with zero attached hydrogens (tertiary/aromatic N) is 4. The summed E-state index contributed by atoms with van der Waals surface area (Å²) in [6, 6.07) is 0. The van der Waals surface area contributed by atoms with Crippen molar-refractivity contribution in [1.82, 2.24) is 19.4 Å². The molecule has 0 amide bonds. The molecule has 0 aliphatic rings. The molecular weight excluding hydrogens is 200 g/mol. The van der Waals surface area contributed by atoms with E-state index >= 15 is 0 Å². The van der Waals surface area contributed by atoms with Crippen LogP contribution in [-0.4, -0.2) is 59.6 Å². The fourth-order valence-corrected chi connectivity index (χ4v) is 1.65. The predicted molar refractivity (Wildman–Crippen MR) is 67.5 cm³/mol. The first-order chi connectivity index (χ1) is 7.72. The lowest BCUT2D eigenvalue weighted by atomic mass is 10.4. The van der Waals surface area contributed by atoms with Gasteiger partial charge in [-0.25, -0.2) is 4.98 Å². The lowest BCUT2D eigenvalue weighted by Crippen LogP contribution is -2.32. The Labute approximate surface area is 98.9 Å². The van der Waals surface area contributed by atoms with Gasteiger partial charge in [-0.05, 0) is 27.1 Å². The lowest BCUT2D eigenvalue weighted by Gasteiger charge is -2.21. The van der Waals surface area contributed by atoms with E-state index in [0.717, 1.165) is 26.2 Å². The minimum absolute atomic E-state index is 1.02. The lowest BCUT2D eigenvalue weighted by molar-refractivity contribution is 0.251. The van der Waals surface area contributed by atoms with Crippen molar-refractivity contribution in [3.8, 4) is 0 Å². The van der Waals surface area contributed by atoms with E-state index in [-0.39, 0.29) is 0 Å². The summed E-state index contributed by atoms with van der Waals surface area (Å²) in [5.41, 5.74) is 0. The van der Waals surface area contributed by atoms with E-state index in [9.17, 15) is 0 Å². The molecule has 1 aromatic rings. The molecule has 1 heterocycles. The van der Waals surface area contributed by atoms with E-state index in [2.05, 4.69) is 40.4 Å². The maximum Gasteiger partial charge on any atom is 0.0946 e. The highest BCUT2D eigenvalue weighted by Gasteiger charge is 2.01. The Morgan fingerprint density at radius 2 is 1.75 bits per heavy atom. The molecule has 4 nitrogen and oxygen atoms in total. The van der Waals surface area contributed by atoms with Crippen molar-refractivity contribution < 1.29 is 0 Å². The van der Waals surface area contributed by atoms with E-state index in [1.165, 1.54) is 13.0 Å². The largest absolute Gasteiger partial charge is 0.336 e. The van der Waals surface area contributed by atoms with Crippen LogP contribution in [0, 0.1) is 0 Å². The van der Waals surface area contributed by atoms with Gasteiger partial charge in [0.2, 0.25) is 0 Å². The Bertz CT molecular complexity index is 258. The molecule has 0 atom stereocenters. The molecule has 0 saturated heterocycles. The molecular formula is C12H24N4. The maximum absolute atomic E-state index is 4.03. The first kappa shape index (κ1) is 13.2. The van der Waals surface area contributed by atoms with Crippen LogP contribution in [0.2, 0.25) is 0 Å². The van der Waals surface area contributed by atoms with Gasteiger partial charge in [-0.15, -0.1) is 0 Å². The van der Waals surface area contributed by atoms with Crippen LogP contribution in [0.3, 0.4) is 0 Å². The molecule has 92 valence electrons. The van der Waals surface area contributed by atoms with E-state index in [1.807, 2.05) is 18.7 Å². The van der Waals surface area contributed by atoms with Gasteiger partial charge >= 0.3 is 0 Å². The topological polar surface area (TPSA) is 24.3 Å². The summed E-state index contributed by atoms with van der Waals surface area (Å²) in [5, 5.41) is 0. The Kier molecular flexibility index (Phi) is 6.11. The van der Waals surface area contributed by atoms with E-state index < -0.39 is 0 Å². The highest BCUT2D eigenvalue weighted by Crippen LogP contribution is 1.91. The Balaban J connectivity index is 2.09. The van der Waals surface area contributed by atoms with Crippen molar-refractivity contribution in [1.29, 1.82) is 0 Å². The van der Waals surface area contributed by atoms with E-state index in [1.54, 1.807) is 0 Å². The fraction of sp³-hybridized carbons (Fsp3) is 0.750. The highest BCUT2D eigenvalue weighted by atomic mass is 15.2. The molecule has 0 aromatic carbocycles. The van der Waals surface area contributed by atoms with Crippen LogP contribution < -0.4 is 0 Å². The number of imidazole rings is 1. The monoisotopic (exact) mass is 224 g/mol. The maximum atomic E-state index is 4.03. The van der Waals surface area contributed by atoms with Crippen LogP contribution in [-0.2, 0) is 6.54 Å². The SMILES string of the molecule is CCCN(C)CCN(C)CCn1ccnc1. The third-order valence-electron chi connectivity index (χ3n) is 2.77. The van der Waals surface area contributed by atoms with Crippen LogP contribution in [0.4, 0.5) is 0 Å². The molecule has 0 fully saturated rings. The molecule has 0 aliphatic carbocycles. The molecule has 0 radical (unpaired) electrons. The average molecular weight is 224 g/mol. The van der Waals surface area contributed by atoms with Gasteiger partial charge in [-0.2, -0.15) is 0 Å². The van der Waals surface area contributed by atoms with Crippen LogP contribution in [0.15, 0.2) is 18.7 Å². The molecule has 0 bridgehead atoms. The number of rotatable bonds is 8. The summed E-state index contributed by atoms with van der Waals surface area (Å²) in [6.07, 6.45) is 6.94. The van der Waals surface area contributed by atoms with Crippen LogP contribution in [0.5, 0.6) is 0 Å². The third kappa shape index (κ3) is 5.28. The van der Waals surface area contributed by atoms with Gasteiger partial charge in [0.05, 0.1) is 6.33 Å². The van der Waals surface area contributed by atoms with Crippen molar-refractivity contribution in [2.45, 2.75) is 19.9 Å². The number of hydrogen-bond acceptors (Lipinski definition) is 3. The van der Waals surface area contributed by atoms with Gasteiger partial charge in [-0.3, -0.25) is 0 Å². The molecule has 0 aliphatic heterocycles. The fourth-order valence-electron chi connectivity index (χ4n) is 1.65. The summed E-state index contributed by atoms with van der Waals surface area (Å²) >= 11 is 0. The molecule has 0 N–H and O–H groups in total. The standard InChI is InChI=1S/C12H24N4/c1-4-6-14(2)8-9-15(3)10-11-16-7-5-13-12-16/h5,7,12H,4,6,8-11H2,1-3H3. The summed E-state index contributed by atoms with van der Waals surface area (Å²) in [7, 11) is 4.36. The first-order valence-corrected chi connectivity index (χ1v) is 6.05. The van der Waals surface area contributed by atoms with Crippen molar-refractivity contribution in [2.75, 3.05) is 40.3 Å². The van der Waals surface area contributed by atoms with Crippen LogP contribution in [0.25, 0.3) is 0 Å². The number of aromatic nitrogens is 2. The van der Waals surface area contributed by atoms with Gasteiger partial charge in [0.1, 0.15) is 0 Å². The first-order valence-electron chi connectivity index (χ1n) is 6.05. The van der Waals surface area contributed by atoms with Crippen molar-refractivity contribution in [3.63, 3.8) is 0 Å². The zero-order valence-electron chi connectivity index (χ0n) is 10.8. The number of likely N-dealkylation sites (N-methyl/N-ethyl adjacent to an activating group) is 2. The van der Waals surface area contributed by atoms with Gasteiger partial charge < -0.3 is 14.4 Å². The summed E-state index contributed by atoms with van der Waals surface area (Å²) in [5.74, 6) is 0. The smallest absolute Gasteiger partial charge is 0.0946 e. The molecule has 0 saturated carbocycles. The predicted octanol–water partition coefficient (Wildman–Crippen LogP) is 1.16. The normalized spacial score (nSPS) is 11.6. The molecule has 0 unspecified atom stereocenters. The second-order valence-electron chi connectivity index (χ2n) is 4.41. The number of hydrogen-bond donors (Lipinski definition) is 0. The van der Waals surface area contributed by atoms with E-state index in [0.29, 0.717) is 0 Å². The zero-order chi connectivity index (χ0) is 11.8. The Morgan fingerprint density at radius 1 is 1.06 bits per heavy atom. The van der Waals surface area contributed by atoms with E-state index in [4.69, 9.17) is 0 Å². The minimum Gasteiger partial charge on any atom is -0.336 e. The Morgan fingerprint density at radius 3 is 2.31 bits per heavy atom. The van der Waals surface area contributed by atoms with Gasteiger partial charge in [0.25, 0.3) is 0 Å². The minimum atomic E-state index is 1.02. The average Bonchev–Trinajstić information content (AvgIpc) is 2.77. The van der Waals surface area contributed by atoms with Gasteiger partial charge in [0.15, 0.2) is 0 Å². The van der Waals surface area contributed by atoms with Crippen molar-refractivity contribution in [2.24, 2.45) is 0 Å². The highest BCUT2D eigenvalue weighted by molar-refractivity contribution is 4.74. The molecule has 0 spiro atoms. The third-order valence-corrected chi connectivity index (χ3v) is 2.77.